The summed E-state index contributed by atoms with van der Waals surface area (Å²) in [7, 11) is -8.51. The van der Waals surface area contributed by atoms with Crippen molar-refractivity contribution in [1.82, 2.24) is 19.2 Å². The lowest BCUT2D eigenvalue weighted by atomic mass is 10.0. The van der Waals surface area contributed by atoms with E-state index < -0.39 is 55.0 Å². The molecule has 1 amide bonds. The molecule has 4 N–H and O–H groups in total. The van der Waals surface area contributed by atoms with E-state index >= 15 is 0 Å². The minimum absolute atomic E-state index is 0.0126. The van der Waals surface area contributed by atoms with Gasteiger partial charge in [0, 0.05) is 0 Å². The Labute approximate surface area is 284 Å². The lowest BCUT2D eigenvalue weighted by Gasteiger charge is -2.33. The molecule has 4 aromatic carbocycles. The van der Waals surface area contributed by atoms with Gasteiger partial charge in [-0.25, -0.2) is 18.2 Å². The van der Waals surface area contributed by atoms with E-state index in [1.807, 2.05) is 6.07 Å². The summed E-state index contributed by atoms with van der Waals surface area (Å²) in [6.45, 7) is 0. The number of nitrogens with zero attached hydrogens (tertiary/aromatic N) is 3. The first-order valence-electron chi connectivity index (χ1n) is 14.7. The maximum absolute atomic E-state index is 14.2. The largest absolute Gasteiger partial charge is 0.492 e. The van der Waals surface area contributed by atoms with Crippen molar-refractivity contribution in [3.8, 4) is 17.2 Å². The number of halogens is 3. The summed E-state index contributed by atoms with van der Waals surface area (Å²) in [5.74, 6) is -3.47. The van der Waals surface area contributed by atoms with Gasteiger partial charge in [-0.05, 0) is 69.5 Å². The van der Waals surface area contributed by atoms with Crippen molar-refractivity contribution in [2.45, 2.75) is 35.2 Å². The minimum Gasteiger partial charge on any atom is -0.344 e. The second-order valence-electron chi connectivity index (χ2n) is 11.3. The van der Waals surface area contributed by atoms with Gasteiger partial charge in [-0.3, -0.25) is 18.6 Å². The monoisotopic (exact) mass is 725 g/mol. The first-order chi connectivity index (χ1) is 23.7. The van der Waals surface area contributed by atoms with Crippen molar-refractivity contribution >= 4 is 43.7 Å². The number of hydrogen-bond donors (Lipinski definition) is 4. The Kier molecular flexibility index (Phi) is 9.15. The molecular formula is C33H26F3N5O7S2. The number of alkyl halides is 3. The van der Waals surface area contributed by atoms with E-state index in [2.05, 4.69) is 19.5 Å². The second-order valence-corrected chi connectivity index (χ2v) is 15.0. The number of aromatic amines is 1. The first-order valence-corrected chi connectivity index (χ1v) is 17.8. The third-order valence-corrected chi connectivity index (χ3v) is 11.4. The predicted octanol–water partition coefficient (Wildman–Crippen LogP) is 6.32. The van der Waals surface area contributed by atoms with Crippen molar-refractivity contribution in [1.29, 1.82) is 5.26 Å². The summed E-state index contributed by atoms with van der Waals surface area (Å²) in [5.41, 5.74) is 3.08. The predicted molar refractivity (Wildman–Crippen MR) is 175 cm³/mol. The molecule has 1 saturated heterocycles. The number of benzene rings is 4. The molecule has 12 nitrogen and oxygen atoms in total. The summed E-state index contributed by atoms with van der Waals surface area (Å²) in [4.78, 5) is 35.7. The summed E-state index contributed by atoms with van der Waals surface area (Å²) in [6.07, 6.45) is -6.12. The van der Waals surface area contributed by atoms with Crippen LogP contribution >= 0.6 is 10.8 Å². The molecule has 50 heavy (non-hydrogen) atoms. The average Bonchev–Trinajstić information content (AvgIpc) is 3.64. The standard InChI is InChI=1S/C33H26F3N5O7S2/c34-33(35,36)32(43)48-41(50(46,47)25-15-13-23(14-16-25)22-9-7-21(19-37)8-10-22)28(31-38-26-3-1-2-4-27(26)39-31)17-20-5-11-24(12-6-20)29-18-30(42)40-49(29,44)45/h1-16,28-29,44-45H,17-18H2,(H,38,39)(H,40,42). The SMILES string of the molecule is N#Cc1ccc(-c2ccc(S(=O)(=O)N(OC(=O)C(F)(F)F)C(Cc3ccc(C4CC(=O)NS4(O)O)cc3)c3nc4ccccc4[nH]3)cc2)cc1. The zero-order valence-corrected chi connectivity index (χ0v) is 27.2. The van der Waals surface area contributed by atoms with Crippen LogP contribution in [-0.4, -0.2) is 50.0 Å². The van der Waals surface area contributed by atoms with Crippen molar-refractivity contribution in [3.63, 3.8) is 0 Å². The number of nitriles is 1. The smallest absolute Gasteiger partial charge is 0.344 e. The number of carbonyl (C=O) groups is 2. The normalized spacial score (nSPS) is 17.2. The number of hydroxylamine groups is 1. The Morgan fingerprint density at radius 1 is 1.00 bits per heavy atom. The van der Waals surface area contributed by atoms with Crippen LogP contribution in [0.3, 0.4) is 0 Å². The molecule has 0 spiro atoms. The molecule has 17 heteroatoms. The molecule has 0 bridgehead atoms. The van der Waals surface area contributed by atoms with Gasteiger partial charge in [0.15, 0.2) is 0 Å². The Hall–Kier alpha value is -5.25. The van der Waals surface area contributed by atoms with E-state index in [1.165, 1.54) is 36.4 Å². The van der Waals surface area contributed by atoms with Crippen LogP contribution in [-0.2, 0) is 30.9 Å². The highest BCUT2D eigenvalue weighted by Gasteiger charge is 2.47. The number of fused-ring (bicyclic) bond motifs is 1. The van der Waals surface area contributed by atoms with Crippen molar-refractivity contribution in [2.24, 2.45) is 0 Å². The van der Waals surface area contributed by atoms with E-state index in [0.29, 0.717) is 38.9 Å². The number of carbonyl (C=O) groups excluding carboxylic acids is 2. The van der Waals surface area contributed by atoms with Crippen molar-refractivity contribution in [3.05, 3.63) is 120 Å². The second kappa shape index (κ2) is 13.2. The Morgan fingerprint density at radius 3 is 2.18 bits per heavy atom. The summed E-state index contributed by atoms with van der Waals surface area (Å²) < 4.78 is 92.0. The van der Waals surface area contributed by atoms with Crippen molar-refractivity contribution < 1.29 is 45.1 Å². The van der Waals surface area contributed by atoms with Gasteiger partial charge in [0.1, 0.15) is 17.1 Å². The highest BCUT2D eigenvalue weighted by molar-refractivity contribution is 8.23. The number of imidazole rings is 1. The Balaban J connectivity index is 1.41. The molecular weight excluding hydrogens is 700 g/mol. The zero-order valence-electron chi connectivity index (χ0n) is 25.5. The van der Waals surface area contributed by atoms with Crippen LogP contribution in [0.25, 0.3) is 22.2 Å². The number of nitrogens with one attached hydrogen (secondary N) is 2. The number of amides is 1. The van der Waals surface area contributed by atoms with Crippen molar-refractivity contribution in [2.75, 3.05) is 0 Å². The molecule has 2 heterocycles. The van der Waals surface area contributed by atoms with Gasteiger partial charge in [0.2, 0.25) is 5.91 Å². The maximum Gasteiger partial charge on any atom is 0.492 e. The lowest BCUT2D eigenvalue weighted by Crippen LogP contribution is -2.42. The van der Waals surface area contributed by atoms with Crippen LogP contribution < -0.4 is 4.72 Å². The molecule has 6 rings (SSSR count). The third-order valence-electron chi connectivity index (χ3n) is 7.93. The van der Waals surface area contributed by atoms with Crippen LogP contribution in [0.1, 0.15) is 40.2 Å². The number of para-hydroxylation sites is 2. The number of hydrogen-bond acceptors (Lipinski definition) is 9. The zero-order chi connectivity index (χ0) is 35.8. The molecule has 1 aliphatic rings. The molecule has 0 saturated carbocycles. The topological polar surface area (TPSA) is 186 Å². The maximum atomic E-state index is 14.2. The van der Waals surface area contributed by atoms with Gasteiger partial charge in [-0.2, -0.15) is 18.4 Å². The number of aromatic nitrogens is 2. The minimum atomic E-state index is -5.57. The molecule has 1 aromatic heterocycles. The van der Waals surface area contributed by atoms with E-state index in [9.17, 15) is 40.3 Å². The summed E-state index contributed by atoms with van der Waals surface area (Å²) in [6, 6.07) is 24.3. The highest BCUT2D eigenvalue weighted by Crippen LogP contribution is 2.56. The van der Waals surface area contributed by atoms with Gasteiger partial charge >= 0.3 is 12.1 Å². The van der Waals surface area contributed by atoms with Crippen LogP contribution in [0, 0.1) is 11.3 Å². The fourth-order valence-electron chi connectivity index (χ4n) is 5.44. The van der Waals surface area contributed by atoms with Crippen LogP contribution in [0.4, 0.5) is 13.2 Å². The van der Waals surface area contributed by atoms with E-state index in [4.69, 9.17) is 5.26 Å². The quantitative estimate of drug-likeness (QED) is 0.126. The molecule has 2 unspecified atom stereocenters. The average molecular weight is 726 g/mol. The molecule has 5 aromatic rings. The fourth-order valence-corrected chi connectivity index (χ4v) is 8.28. The van der Waals surface area contributed by atoms with Crippen LogP contribution in [0.5, 0.6) is 0 Å². The van der Waals surface area contributed by atoms with E-state index in [-0.39, 0.29) is 23.1 Å². The summed E-state index contributed by atoms with van der Waals surface area (Å²) >= 11 is 0. The lowest BCUT2D eigenvalue weighted by molar-refractivity contribution is -0.227. The summed E-state index contributed by atoms with van der Waals surface area (Å²) in [5, 5.41) is 8.12. The Morgan fingerprint density at radius 2 is 1.62 bits per heavy atom. The Bertz CT molecular complexity index is 2190. The molecule has 0 radical (unpaired) electrons. The fraction of sp³-hybridized carbons (Fsp3) is 0.152. The highest BCUT2D eigenvalue weighted by atomic mass is 32.3. The van der Waals surface area contributed by atoms with E-state index in [0.717, 1.165) is 12.1 Å². The first kappa shape index (κ1) is 34.6. The van der Waals surface area contributed by atoms with Crippen LogP contribution in [0.15, 0.2) is 102 Å². The van der Waals surface area contributed by atoms with Gasteiger partial charge in [-0.1, -0.05) is 60.7 Å². The molecule has 0 aliphatic carbocycles. The van der Waals surface area contributed by atoms with Gasteiger partial charge in [0.25, 0.3) is 10.0 Å². The number of sulfonamides is 1. The molecule has 2 atom stereocenters. The van der Waals surface area contributed by atoms with E-state index in [1.54, 1.807) is 48.5 Å². The molecule has 258 valence electrons. The molecule has 1 aliphatic heterocycles. The number of H-pyrrole nitrogens is 1. The van der Waals surface area contributed by atoms with Gasteiger partial charge in [0.05, 0.1) is 34.0 Å². The van der Waals surface area contributed by atoms with Gasteiger partial charge < -0.3 is 9.82 Å². The molecule has 1 fully saturated rings. The third kappa shape index (κ3) is 7.06. The number of rotatable bonds is 9. The van der Waals surface area contributed by atoms with Crippen LogP contribution in [0.2, 0.25) is 0 Å². The van der Waals surface area contributed by atoms with Gasteiger partial charge in [-0.15, -0.1) is 10.8 Å².